The van der Waals surface area contributed by atoms with Crippen molar-refractivity contribution in [1.29, 1.82) is 0 Å². The second-order valence-electron chi connectivity index (χ2n) is 8.23. The highest BCUT2D eigenvalue weighted by molar-refractivity contribution is 6.03. The average Bonchev–Trinajstić information content (AvgIpc) is 3.23. The quantitative estimate of drug-likeness (QED) is 0.619. The second kappa shape index (κ2) is 7.93. The SMILES string of the molecule is O=C(C[NH+]1CC[NH+](c2ccccc2)CC1)Nc1c2c(nc3ccccc13)CCC2. The molecule has 5 heteroatoms. The maximum Gasteiger partial charge on any atom is 0.279 e. The van der Waals surface area contributed by atoms with E-state index in [1.165, 1.54) is 21.1 Å². The Balaban J connectivity index is 1.27. The van der Waals surface area contributed by atoms with Gasteiger partial charge in [0.2, 0.25) is 0 Å². The van der Waals surface area contributed by atoms with Gasteiger partial charge < -0.3 is 10.2 Å². The number of nitrogens with zero attached hydrogens (tertiary/aromatic N) is 1. The molecule has 1 aliphatic heterocycles. The first kappa shape index (κ1) is 18.3. The van der Waals surface area contributed by atoms with Gasteiger partial charge in [-0.15, -0.1) is 0 Å². The first-order valence-electron chi connectivity index (χ1n) is 10.7. The van der Waals surface area contributed by atoms with E-state index in [1.807, 2.05) is 18.2 Å². The molecule has 5 rings (SSSR count). The van der Waals surface area contributed by atoms with Gasteiger partial charge in [0.15, 0.2) is 6.54 Å². The largest absolute Gasteiger partial charge is 0.320 e. The van der Waals surface area contributed by atoms with Crippen molar-refractivity contribution in [3.63, 3.8) is 0 Å². The summed E-state index contributed by atoms with van der Waals surface area (Å²) in [7, 11) is 0. The van der Waals surface area contributed by atoms with E-state index in [2.05, 4.69) is 41.7 Å². The Hall–Kier alpha value is -2.76. The summed E-state index contributed by atoms with van der Waals surface area (Å²) in [6, 6.07) is 18.8. The lowest BCUT2D eigenvalue weighted by molar-refractivity contribution is -0.981. The maximum atomic E-state index is 12.9. The number of anilines is 1. The average molecular weight is 389 g/mol. The highest BCUT2D eigenvalue weighted by atomic mass is 16.2. The Kier molecular flexibility index (Phi) is 5.00. The lowest BCUT2D eigenvalue weighted by Gasteiger charge is -2.29. The minimum absolute atomic E-state index is 0.119. The molecule has 5 nitrogen and oxygen atoms in total. The van der Waals surface area contributed by atoms with Crippen LogP contribution >= 0.6 is 0 Å². The standard InChI is InChI=1S/C24H26N4O/c29-23(17-27-13-15-28(16-14-27)18-7-2-1-3-8-18)26-24-19-9-4-5-11-21(19)25-22-12-6-10-20(22)24/h1-5,7-9,11H,6,10,12-17H2,(H,25,26,29)/p+2. The van der Waals surface area contributed by atoms with Gasteiger partial charge in [0.05, 0.1) is 11.2 Å². The van der Waals surface area contributed by atoms with Gasteiger partial charge in [0.1, 0.15) is 31.9 Å². The molecular weight excluding hydrogens is 360 g/mol. The Morgan fingerprint density at radius 2 is 1.69 bits per heavy atom. The van der Waals surface area contributed by atoms with Gasteiger partial charge in [0.25, 0.3) is 5.91 Å². The molecule has 0 saturated carbocycles. The van der Waals surface area contributed by atoms with E-state index in [0.29, 0.717) is 6.54 Å². The van der Waals surface area contributed by atoms with Crippen molar-refractivity contribution in [1.82, 2.24) is 4.98 Å². The fraction of sp³-hybridized carbons (Fsp3) is 0.333. The zero-order valence-electron chi connectivity index (χ0n) is 16.7. The van der Waals surface area contributed by atoms with E-state index >= 15 is 0 Å². The number of nitrogens with one attached hydrogen (secondary N) is 3. The van der Waals surface area contributed by atoms with Crippen molar-refractivity contribution in [2.45, 2.75) is 19.3 Å². The molecule has 3 aromatic rings. The van der Waals surface area contributed by atoms with Gasteiger partial charge in [-0.25, -0.2) is 0 Å². The predicted octanol–water partition coefficient (Wildman–Crippen LogP) is 0.777. The van der Waals surface area contributed by atoms with Crippen LogP contribution in [0.15, 0.2) is 54.6 Å². The summed E-state index contributed by atoms with van der Waals surface area (Å²) in [5, 5.41) is 4.33. The van der Waals surface area contributed by atoms with Gasteiger partial charge in [-0.05, 0) is 43.0 Å². The van der Waals surface area contributed by atoms with Crippen molar-refractivity contribution in [3.05, 3.63) is 65.9 Å². The summed E-state index contributed by atoms with van der Waals surface area (Å²) in [5.74, 6) is 0.119. The smallest absolute Gasteiger partial charge is 0.279 e. The van der Waals surface area contributed by atoms with Crippen molar-refractivity contribution >= 4 is 28.2 Å². The molecule has 148 valence electrons. The highest BCUT2D eigenvalue weighted by Crippen LogP contribution is 2.33. The molecule has 1 amide bonds. The fourth-order valence-electron chi connectivity index (χ4n) is 4.81. The number of para-hydroxylation sites is 2. The topological polar surface area (TPSA) is 50.9 Å². The number of quaternary nitrogens is 2. The number of aromatic nitrogens is 1. The van der Waals surface area contributed by atoms with Gasteiger partial charge >= 0.3 is 0 Å². The van der Waals surface area contributed by atoms with Crippen LogP contribution in [-0.4, -0.2) is 43.6 Å². The van der Waals surface area contributed by atoms with Gasteiger partial charge in [-0.1, -0.05) is 36.4 Å². The van der Waals surface area contributed by atoms with Crippen molar-refractivity contribution in [3.8, 4) is 0 Å². The minimum atomic E-state index is 0.119. The highest BCUT2D eigenvalue weighted by Gasteiger charge is 2.27. The number of hydrogen-bond acceptors (Lipinski definition) is 2. The molecule has 2 aliphatic rings. The molecule has 0 radical (unpaired) electrons. The van der Waals surface area contributed by atoms with Crippen molar-refractivity contribution in [2.24, 2.45) is 0 Å². The van der Waals surface area contributed by atoms with Crippen LogP contribution in [0.4, 0.5) is 11.4 Å². The van der Waals surface area contributed by atoms with E-state index in [9.17, 15) is 4.79 Å². The number of benzene rings is 2. The molecular formula is C24H28N4O+2. The number of piperazine rings is 1. The first-order valence-corrected chi connectivity index (χ1v) is 10.7. The Labute approximate surface area is 171 Å². The number of hydrogen-bond donors (Lipinski definition) is 3. The number of aryl methyl sites for hydroxylation is 1. The van der Waals surface area contributed by atoms with E-state index in [1.54, 1.807) is 0 Å². The number of rotatable bonds is 4. The van der Waals surface area contributed by atoms with E-state index in [0.717, 1.165) is 67.7 Å². The molecule has 0 unspecified atom stereocenters. The summed E-state index contributed by atoms with van der Waals surface area (Å²) >= 11 is 0. The van der Waals surface area contributed by atoms with Gasteiger partial charge in [-0.2, -0.15) is 0 Å². The van der Waals surface area contributed by atoms with Crippen LogP contribution < -0.4 is 15.1 Å². The second-order valence-corrected chi connectivity index (χ2v) is 8.23. The molecule has 1 aliphatic carbocycles. The first-order chi connectivity index (χ1) is 14.3. The van der Waals surface area contributed by atoms with Crippen LogP contribution in [0.25, 0.3) is 10.9 Å². The molecule has 1 aromatic heterocycles. The fourth-order valence-corrected chi connectivity index (χ4v) is 4.81. The Morgan fingerprint density at radius 1 is 0.931 bits per heavy atom. The molecule has 2 heterocycles. The molecule has 3 N–H and O–H groups in total. The zero-order valence-corrected chi connectivity index (χ0v) is 16.7. The summed E-state index contributed by atoms with van der Waals surface area (Å²) < 4.78 is 0. The lowest BCUT2D eigenvalue weighted by Crippen LogP contribution is -3.26. The van der Waals surface area contributed by atoms with E-state index in [-0.39, 0.29) is 5.91 Å². The van der Waals surface area contributed by atoms with Crippen LogP contribution in [0.1, 0.15) is 17.7 Å². The third kappa shape index (κ3) is 3.76. The summed E-state index contributed by atoms with van der Waals surface area (Å²) in [6.45, 7) is 4.72. The summed E-state index contributed by atoms with van der Waals surface area (Å²) in [4.78, 5) is 20.6. The molecule has 2 aromatic carbocycles. The number of amides is 1. The number of carbonyl (C=O) groups excluding carboxylic acids is 1. The number of fused-ring (bicyclic) bond motifs is 2. The molecule has 0 spiro atoms. The third-order valence-corrected chi connectivity index (χ3v) is 6.34. The molecule has 29 heavy (non-hydrogen) atoms. The third-order valence-electron chi connectivity index (χ3n) is 6.34. The van der Waals surface area contributed by atoms with Crippen LogP contribution in [0.3, 0.4) is 0 Å². The van der Waals surface area contributed by atoms with Gasteiger partial charge in [-0.3, -0.25) is 14.7 Å². The molecule has 0 atom stereocenters. The van der Waals surface area contributed by atoms with E-state index in [4.69, 9.17) is 4.98 Å². The normalized spacial score (nSPS) is 21.1. The van der Waals surface area contributed by atoms with Crippen molar-refractivity contribution < 1.29 is 14.6 Å². The van der Waals surface area contributed by atoms with Crippen LogP contribution in [-0.2, 0) is 17.6 Å². The molecule has 0 bridgehead atoms. The monoisotopic (exact) mass is 388 g/mol. The number of pyridine rings is 1. The summed E-state index contributed by atoms with van der Waals surface area (Å²) in [6.07, 6.45) is 3.14. The number of carbonyl (C=O) groups is 1. The van der Waals surface area contributed by atoms with Crippen LogP contribution in [0, 0.1) is 0 Å². The van der Waals surface area contributed by atoms with Crippen LogP contribution in [0.5, 0.6) is 0 Å². The lowest BCUT2D eigenvalue weighted by atomic mass is 10.1. The predicted molar refractivity (Wildman–Crippen MR) is 115 cm³/mol. The summed E-state index contributed by atoms with van der Waals surface area (Å²) in [5.41, 5.74) is 5.74. The Bertz CT molecular complexity index is 1030. The van der Waals surface area contributed by atoms with E-state index < -0.39 is 0 Å². The van der Waals surface area contributed by atoms with Gasteiger partial charge in [0, 0.05) is 11.1 Å². The Morgan fingerprint density at radius 3 is 2.52 bits per heavy atom. The van der Waals surface area contributed by atoms with Crippen LogP contribution in [0.2, 0.25) is 0 Å². The maximum absolute atomic E-state index is 12.9. The molecule has 1 saturated heterocycles. The molecule has 1 fully saturated rings. The zero-order chi connectivity index (χ0) is 19.6. The van der Waals surface area contributed by atoms with Crippen molar-refractivity contribution in [2.75, 3.05) is 38.0 Å². The minimum Gasteiger partial charge on any atom is -0.320 e.